The van der Waals surface area contributed by atoms with Crippen LogP contribution in [0.4, 0.5) is 4.39 Å². The minimum Gasteiger partial charge on any atom is -0.491 e. The van der Waals surface area contributed by atoms with Gasteiger partial charge in [0.1, 0.15) is 24.7 Å². The van der Waals surface area contributed by atoms with Crippen LogP contribution in [-0.2, 0) is 0 Å². The van der Waals surface area contributed by atoms with Gasteiger partial charge in [-0.25, -0.2) is 4.39 Å². The number of pyridine rings is 1. The maximum Gasteiger partial charge on any atom is 0.267 e. The van der Waals surface area contributed by atoms with E-state index in [2.05, 4.69) is 4.98 Å². The average Bonchev–Trinajstić information content (AvgIpc) is 2.15. The molecule has 0 saturated carbocycles. The zero-order valence-corrected chi connectivity index (χ0v) is 6.87. The molecule has 0 bridgehead atoms. The van der Waals surface area contributed by atoms with Crippen molar-refractivity contribution in [2.45, 2.75) is 0 Å². The molecule has 1 aromatic rings. The third kappa shape index (κ3) is 2.70. The van der Waals surface area contributed by atoms with E-state index in [0.717, 1.165) is 0 Å². The van der Waals surface area contributed by atoms with Gasteiger partial charge in [0.2, 0.25) is 0 Å². The molecule has 0 aliphatic carbocycles. The standard InChI is InChI=1S/C8H9FN2O2/c9-2-4-13-6-1-3-11-7(5-6)8(10)12/h1,3,5H,2,4H2,(H2,10,12). The quantitative estimate of drug-likeness (QED) is 0.742. The zero-order chi connectivity index (χ0) is 9.68. The number of primary amides is 1. The lowest BCUT2D eigenvalue weighted by Gasteiger charge is -2.03. The maximum absolute atomic E-state index is 11.7. The summed E-state index contributed by atoms with van der Waals surface area (Å²) in [7, 11) is 0. The van der Waals surface area contributed by atoms with Crippen molar-refractivity contribution in [3.8, 4) is 5.75 Å². The highest BCUT2D eigenvalue weighted by molar-refractivity contribution is 5.91. The number of halogens is 1. The molecular weight excluding hydrogens is 175 g/mol. The number of alkyl halides is 1. The molecule has 0 aliphatic rings. The van der Waals surface area contributed by atoms with Crippen molar-refractivity contribution >= 4 is 5.91 Å². The van der Waals surface area contributed by atoms with E-state index in [1.54, 1.807) is 0 Å². The van der Waals surface area contributed by atoms with Crippen molar-refractivity contribution in [1.29, 1.82) is 0 Å². The summed E-state index contributed by atoms with van der Waals surface area (Å²) < 4.78 is 16.6. The second-order valence-electron chi connectivity index (χ2n) is 2.28. The largest absolute Gasteiger partial charge is 0.491 e. The van der Waals surface area contributed by atoms with E-state index >= 15 is 0 Å². The molecule has 0 aliphatic heterocycles. The molecule has 0 unspecified atom stereocenters. The number of nitrogens with two attached hydrogens (primary N) is 1. The van der Waals surface area contributed by atoms with Crippen molar-refractivity contribution in [2.75, 3.05) is 13.3 Å². The molecule has 0 aromatic carbocycles. The summed E-state index contributed by atoms with van der Waals surface area (Å²) in [6.07, 6.45) is 1.38. The van der Waals surface area contributed by atoms with E-state index in [-0.39, 0.29) is 12.3 Å². The fourth-order valence-electron chi connectivity index (χ4n) is 0.792. The van der Waals surface area contributed by atoms with E-state index in [1.165, 1.54) is 18.3 Å². The molecule has 1 rings (SSSR count). The van der Waals surface area contributed by atoms with Crippen LogP contribution in [0.15, 0.2) is 18.3 Å². The maximum atomic E-state index is 11.7. The molecule has 0 fully saturated rings. The van der Waals surface area contributed by atoms with Crippen LogP contribution < -0.4 is 10.5 Å². The number of hydrogen-bond acceptors (Lipinski definition) is 3. The van der Waals surface area contributed by atoms with Crippen LogP contribution in [0.5, 0.6) is 5.75 Å². The molecule has 1 aromatic heterocycles. The molecule has 0 spiro atoms. The smallest absolute Gasteiger partial charge is 0.267 e. The Bertz CT molecular complexity index is 304. The molecule has 5 heteroatoms. The molecule has 1 heterocycles. The normalized spacial score (nSPS) is 9.62. The zero-order valence-electron chi connectivity index (χ0n) is 6.87. The Morgan fingerprint density at radius 2 is 2.46 bits per heavy atom. The minimum atomic E-state index is -0.634. The number of hydrogen-bond donors (Lipinski definition) is 1. The van der Waals surface area contributed by atoms with Gasteiger partial charge in [-0.05, 0) is 6.07 Å². The summed E-state index contributed by atoms with van der Waals surface area (Å²) in [6.45, 7) is -0.615. The van der Waals surface area contributed by atoms with Crippen LogP contribution in [-0.4, -0.2) is 24.2 Å². The van der Waals surface area contributed by atoms with Crippen molar-refractivity contribution < 1.29 is 13.9 Å². The van der Waals surface area contributed by atoms with Gasteiger partial charge in [-0.1, -0.05) is 0 Å². The number of amides is 1. The number of carbonyl (C=O) groups is 1. The van der Waals surface area contributed by atoms with Crippen LogP contribution in [0.2, 0.25) is 0 Å². The van der Waals surface area contributed by atoms with E-state index < -0.39 is 12.6 Å². The summed E-state index contributed by atoms with van der Waals surface area (Å²) in [4.78, 5) is 14.4. The molecule has 0 radical (unpaired) electrons. The Kier molecular flexibility index (Phi) is 3.19. The molecule has 1 amide bonds. The molecule has 2 N–H and O–H groups in total. The highest BCUT2D eigenvalue weighted by Gasteiger charge is 2.02. The third-order valence-electron chi connectivity index (χ3n) is 1.33. The first-order valence-electron chi connectivity index (χ1n) is 3.68. The molecule has 70 valence electrons. The predicted molar refractivity (Wildman–Crippen MR) is 44.2 cm³/mol. The Labute approximate surface area is 74.5 Å². The van der Waals surface area contributed by atoms with Crippen LogP contribution in [0, 0.1) is 0 Å². The Morgan fingerprint density at radius 3 is 3.08 bits per heavy atom. The van der Waals surface area contributed by atoms with Crippen molar-refractivity contribution in [1.82, 2.24) is 4.98 Å². The number of rotatable bonds is 4. The summed E-state index contributed by atoms with van der Waals surface area (Å²) in [6, 6.07) is 2.90. The lowest BCUT2D eigenvalue weighted by molar-refractivity contribution is 0.0995. The first-order valence-corrected chi connectivity index (χ1v) is 3.68. The third-order valence-corrected chi connectivity index (χ3v) is 1.33. The number of carbonyl (C=O) groups excluding carboxylic acids is 1. The minimum absolute atomic E-state index is 0.0395. The lowest BCUT2D eigenvalue weighted by atomic mass is 10.3. The molecule has 0 atom stereocenters. The van der Waals surface area contributed by atoms with Gasteiger partial charge in [0.15, 0.2) is 0 Å². The van der Waals surface area contributed by atoms with Crippen molar-refractivity contribution in [3.05, 3.63) is 24.0 Å². The van der Waals surface area contributed by atoms with Gasteiger partial charge < -0.3 is 10.5 Å². The summed E-state index contributed by atoms with van der Waals surface area (Å²) >= 11 is 0. The van der Waals surface area contributed by atoms with Crippen LogP contribution in [0.1, 0.15) is 10.5 Å². The highest BCUT2D eigenvalue weighted by Crippen LogP contribution is 2.10. The van der Waals surface area contributed by atoms with E-state index in [1.807, 2.05) is 0 Å². The van der Waals surface area contributed by atoms with E-state index in [4.69, 9.17) is 10.5 Å². The summed E-state index contributed by atoms with van der Waals surface area (Å²) in [5, 5.41) is 0. The van der Waals surface area contributed by atoms with Gasteiger partial charge in [0, 0.05) is 12.3 Å². The Hall–Kier alpha value is -1.65. The Balaban J connectivity index is 2.73. The fraction of sp³-hybridized carbons (Fsp3) is 0.250. The van der Waals surface area contributed by atoms with Gasteiger partial charge in [-0.15, -0.1) is 0 Å². The van der Waals surface area contributed by atoms with E-state index in [9.17, 15) is 9.18 Å². The monoisotopic (exact) mass is 184 g/mol. The van der Waals surface area contributed by atoms with Crippen LogP contribution in [0.3, 0.4) is 0 Å². The number of aromatic nitrogens is 1. The first-order chi connectivity index (χ1) is 6.24. The van der Waals surface area contributed by atoms with Crippen molar-refractivity contribution in [2.24, 2.45) is 5.73 Å². The van der Waals surface area contributed by atoms with Crippen molar-refractivity contribution in [3.63, 3.8) is 0 Å². The highest BCUT2D eigenvalue weighted by atomic mass is 19.1. The fourth-order valence-corrected chi connectivity index (χ4v) is 0.792. The van der Waals surface area contributed by atoms with Gasteiger partial charge in [-0.3, -0.25) is 9.78 Å². The summed E-state index contributed by atoms with van der Waals surface area (Å²) in [5.41, 5.74) is 5.09. The number of nitrogens with zero attached hydrogens (tertiary/aromatic N) is 1. The van der Waals surface area contributed by atoms with Gasteiger partial charge in [0.05, 0.1) is 0 Å². The average molecular weight is 184 g/mol. The first kappa shape index (κ1) is 9.44. The van der Waals surface area contributed by atoms with E-state index in [0.29, 0.717) is 5.75 Å². The molecule has 0 saturated heterocycles. The topological polar surface area (TPSA) is 65.2 Å². The molecule has 13 heavy (non-hydrogen) atoms. The Morgan fingerprint density at radius 1 is 1.69 bits per heavy atom. The second kappa shape index (κ2) is 4.39. The van der Waals surface area contributed by atoms with Gasteiger partial charge >= 0.3 is 0 Å². The second-order valence-corrected chi connectivity index (χ2v) is 2.28. The number of ether oxygens (including phenoxy) is 1. The van der Waals surface area contributed by atoms with Gasteiger partial charge in [0.25, 0.3) is 5.91 Å². The predicted octanol–water partition coefficient (Wildman–Crippen LogP) is 0.529. The van der Waals surface area contributed by atoms with Crippen LogP contribution in [0.25, 0.3) is 0 Å². The SMILES string of the molecule is NC(=O)c1cc(OCCF)ccn1. The van der Waals surface area contributed by atoms with Crippen LogP contribution >= 0.6 is 0 Å². The molecular formula is C8H9FN2O2. The molecule has 4 nitrogen and oxygen atoms in total. The lowest BCUT2D eigenvalue weighted by Crippen LogP contribution is -2.13. The van der Waals surface area contributed by atoms with Gasteiger partial charge in [-0.2, -0.15) is 0 Å². The summed E-state index contributed by atoms with van der Waals surface area (Å²) in [5.74, 6) is -0.243.